The van der Waals surface area contributed by atoms with Gasteiger partial charge in [0.2, 0.25) is 0 Å². The molecule has 158 valence electrons. The van der Waals surface area contributed by atoms with Crippen LogP contribution in [0.4, 0.5) is 4.79 Å². The smallest absolute Gasteiger partial charge is 0.409 e. The third kappa shape index (κ3) is 4.82. The number of hydrogen-bond acceptors (Lipinski definition) is 4. The number of benzene rings is 2. The van der Waals surface area contributed by atoms with Crippen molar-refractivity contribution in [2.24, 2.45) is 0 Å². The number of rotatable bonds is 5. The Labute approximate surface area is 189 Å². The highest BCUT2D eigenvalue weighted by Gasteiger charge is 2.42. The number of ether oxygens (including phenoxy) is 2. The third-order valence-corrected chi connectivity index (χ3v) is 5.18. The molecule has 7 heteroatoms. The second-order valence-corrected chi connectivity index (χ2v) is 9.07. The molecule has 2 aromatic carbocycles. The van der Waals surface area contributed by atoms with E-state index in [-0.39, 0.29) is 0 Å². The van der Waals surface area contributed by atoms with E-state index in [4.69, 9.17) is 25.5 Å². The molecule has 0 aliphatic rings. The van der Waals surface area contributed by atoms with E-state index in [9.17, 15) is 4.79 Å². The number of hydrogen-bond donors (Lipinski definition) is 1. The molecular weight excluding hydrogens is 470 g/mol. The number of nitrogens with one attached hydrogen (secondary N) is 1. The van der Waals surface area contributed by atoms with Crippen LogP contribution in [0.15, 0.2) is 69.6 Å². The first-order valence-electron chi connectivity index (χ1n) is 9.31. The predicted octanol–water partition coefficient (Wildman–Crippen LogP) is 6.52. The minimum absolute atomic E-state index is 0.325. The maximum atomic E-state index is 13.0. The molecular formula is C23H23BrClNO4. The van der Waals surface area contributed by atoms with Crippen molar-refractivity contribution in [1.82, 2.24) is 5.32 Å². The maximum Gasteiger partial charge on any atom is 0.409 e. The summed E-state index contributed by atoms with van der Waals surface area (Å²) in [7, 11) is 1.52. The third-order valence-electron chi connectivity index (χ3n) is 4.40. The fourth-order valence-corrected chi connectivity index (χ4v) is 3.54. The summed E-state index contributed by atoms with van der Waals surface area (Å²) in [5.41, 5.74) is -0.325. The Hall–Kier alpha value is -2.44. The normalized spacial score (nSPS) is 13.4. The summed E-state index contributed by atoms with van der Waals surface area (Å²) in [4.78, 5) is 13.0. The fraction of sp³-hybridized carbons (Fsp3) is 0.261. The molecule has 0 saturated heterocycles. The van der Waals surface area contributed by atoms with E-state index in [1.54, 1.807) is 24.3 Å². The number of amides is 1. The van der Waals surface area contributed by atoms with Gasteiger partial charge in [0, 0.05) is 15.6 Å². The van der Waals surface area contributed by atoms with Crippen molar-refractivity contribution in [3.63, 3.8) is 0 Å². The van der Waals surface area contributed by atoms with Gasteiger partial charge in [-0.15, -0.1) is 0 Å². The molecule has 1 heterocycles. The Morgan fingerprint density at radius 1 is 0.967 bits per heavy atom. The van der Waals surface area contributed by atoms with E-state index in [1.165, 1.54) is 7.11 Å². The van der Waals surface area contributed by atoms with Crippen molar-refractivity contribution < 1.29 is 18.7 Å². The van der Waals surface area contributed by atoms with Crippen molar-refractivity contribution in [3.05, 3.63) is 87.0 Å². The fourth-order valence-electron chi connectivity index (χ4n) is 3.14. The monoisotopic (exact) mass is 491 g/mol. The molecule has 0 bridgehead atoms. The summed E-state index contributed by atoms with van der Waals surface area (Å²) in [6.45, 7) is 5.43. The van der Waals surface area contributed by atoms with Crippen molar-refractivity contribution in [3.8, 4) is 5.95 Å². The number of carbonyl (C=O) groups is 1. The molecule has 0 spiro atoms. The van der Waals surface area contributed by atoms with Crippen molar-refractivity contribution in [1.29, 1.82) is 0 Å². The summed E-state index contributed by atoms with van der Waals surface area (Å²) in [6.07, 6.45) is -0.587. The molecule has 3 aromatic rings. The lowest BCUT2D eigenvalue weighted by molar-refractivity contribution is 0.0477. The summed E-state index contributed by atoms with van der Waals surface area (Å²) < 4.78 is 17.7. The second-order valence-electron chi connectivity index (χ2n) is 7.71. The van der Waals surface area contributed by atoms with Crippen LogP contribution in [-0.2, 0) is 10.3 Å². The van der Waals surface area contributed by atoms with Gasteiger partial charge in [0.05, 0.1) is 7.11 Å². The highest BCUT2D eigenvalue weighted by Crippen LogP contribution is 2.40. The summed E-state index contributed by atoms with van der Waals surface area (Å²) in [5.74, 6) is 0.793. The second kappa shape index (κ2) is 8.74. The molecule has 1 atom stereocenters. The Kier molecular flexibility index (Phi) is 6.48. The molecule has 1 N–H and O–H groups in total. The van der Waals surface area contributed by atoms with Gasteiger partial charge in [0.25, 0.3) is 5.95 Å². The van der Waals surface area contributed by atoms with Gasteiger partial charge in [0.1, 0.15) is 11.4 Å². The number of carbonyl (C=O) groups excluding carboxylic acids is 1. The molecule has 0 aliphatic carbocycles. The molecule has 5 nitrogen and oxygen atoms in total. The zero-order valence-electron chi connectivity index (χ0n) is 17.2. The standard InChI is InChI=1S/C23H23BrClNO4/c1-22(2,3)30-21(27)26-23(15-5-9-17(24)10-6-15,16-7-11-18(25)12-8-16)19-13-14-20(28-4)29-19/h5-14H,1-4H3,(H,26,27). The van der Waals surface area contributed by atoms with Gasteiger partial charge in [0.15, 0.2) is 5.54 Å². The van der Waals surface area contributed by atoms with Crippen molar-refractivity contribution >= 4 is 33.6 Å². The molecule has 1 unspecified atom stereocenters. The summed E-state index contributed by atoms with van der Waals surface area (Å²) in [6, 6.07) is 18.3. The van der Waals surface area contributed by atoms with Gasteiger partial charge in [-0.3, -0.25) is 0 Å². The van der Waals surface area contributed by atoms with Crippen LogP contribution in [-0.4, -0.2) is 18.8 Å². The predicted molar refractivity (Wildman–Crippen MR) is 120 cm³/mol. The van der Waals surface area contributed by atoms with E-state index in [0.29, 0.717) is 16.7 Å². The first kappa shape index (κ1) is 22.2. The van der Waals surface area contributed by atoms with Crippen LogP contribution < -0.4 is 10.1 Å². The molecule has 30 heavy (non-hydrogen) atoms. The largest absolute Gasteiger partial charge is 0.468 e. The van der Waals surface area contributed by atoms with E-state index in [2.05, 4.69) is 21.2 Å². The van der Waals surface area contributed by atoms with Crippen LogP contribution in [0, 0.1) is 0 Å². The van der Waals surface area contributed by atoms with Crippen molar-refractivity contribution in [2.75, 3.05) is 7.11 Å². The Balaban J connectivity index is 2.25. The van der Waals surface area contributed by atoms with Crippen LogP contribution in [0.3, 0.4) is 0 Å². The van der Waals surface area contributed by atoms with Gasteiger partial charge >= 0.3 is 6.09 Å². The first-order valence-corrected chi connectivity index (χ1v) is 10.5. The lowest BCUT2D eigenvalue weighted by Gasteiger charge is -2.35. The molecule has 0 radical (unpaired) electrons. The topological polar surface area (TPSA) is 60.7 Å². The summed E-state index contributed by atoms with van der Waals surface area (Å²) >= 11 is 9.60. The number of furan rings is 1. The first-order chi connectivity index (χ1) is 14.1. The van der Waals surface area contributed by atoms with Gasteiger partial charge in [-0.1, -0.05) is 51.8 Å². The number of halogens is 2. The zero-order valence-corrected chi connectivity index (χ0v) is 19.5. The van der Waals surface area contributed by atoms with Crippen LogP contribution >= 0.6 is 27.5 Å². The molecule has 0 aliphatic heterocycles. The van der Waals surface area contributed by atoms with Gasteiger partial charge in [-0.05, 0) is 62.2 Å². The minimum atomic E-state index is -1.18. The van der Waals surface area contributed by atoms with Gasteiger partial charge in [-0.2, -0.15) is 0 Å². The Bertz CT molecular complexity index is 961. The summed E-state index contributed by atoms with van der Waals surface area (Å²) in [5, 5.41) is 3.62. The van der Waals surface area contributed by atoms with E-state index in [0.717, 1.165) is 15.6 Å². The molecule has 0 saturated carbocycles. The Morgan fingerprint density at radius 2 is 1.53 bits per heavy atom. The average molecular weight is 493 g/mol. The SMILES string of the molecule is COc1ccc(C(NC(=O)OC(C)(C)C)(c2ccc(Cl)cc2)c2ccc(Br)cc2)o1. The zero-order chi connectivity index (χ0) is 21.9. The highest BCUT2D eigenvalue weighted by atomic mass is 79.9. The number of alkyl carbamates (subject to hydrolysis) is 1. The van der Waals surface area contributed by atoms with Crippen molar-refractivity contribution in [2.45, 2.75) is 31.9 Å². The van der Waals surface area contributed by atoms with Crippen LogP contribution in [0.1, 0.15) is 37.7 Å². The van der Waals surface area contributed by atoms with E-state index >= 15 is 0 Å². The molecule has 3 rings (SSSR count). The quantitative estimate of drug-likeness (QED) is 0.440. The van der Waals surface area contributed by atoms with Crippen LogP contribution in [0.5, 0.6) is 5.95 Å². The highest BCUT2D eigenvalue weighted by molar-refractivity contribution is 9.10. The minimum Gasteiger partial charge on any atom is -0.468 e. The van der Waals surface area contributed by atoms with Gasteiger partial charge < -0.3 is 19.2 Å². The molecule has 1 aromatic heterocycles. The average Bonchev–Trinajstić information content (AvgIpc) is 3.16. The maximum absolute atomic E-state index is 13.0. The van der Waals surface area contributed by atoms with E-state index < -0.39 is 17.2 Å². The van der Waals surface area contributed by atoms with Crippen LogP contribution in [0.25, 0.3) is 0 Å². The number of methoxy groups -OCH3 is 1. The Morgan fingerprint density at radius 3 is 2.03 bits per heavy atom. The van der Waals surface area contributed by atoms with Crippen LogP contribution in [0.2, 0.25) is 5.02 Å². The van der Waals surface area contributed by atoms with Gasteiger partial charge in [-0.25, -0.2) is 4.79 Å². The molecule has 1 amide bonds. The molecule has 0 fully saturated rings. The lowest BCUT2D eigenvalue weighted by Crippen LogP contribution is -2.49. The lowest BCUT2D eigenvalue weighted by atomic mass is 9.80. The van der Waals surface area contributed by atoms with E-state index in [1.807, 2.05) is 57.2 Å².